The molecular weight excluding hydrogens is 288 g/mol. The van der Waals surface area contributed by atoms with Crippen LogP contribution in [0.1, 0.15) is 32.3 Å². The first kappa shape index (κ1) is 16.1. The number of nitrogens with zero attached hydrogens (tertiary/aromatic N) is 1. The molecule has 1 fully saturated rings. The van der Waals surface area contributed by atoms with Crippen molar-refractivity contribution in [1.29, 1.82) is 0 Å². The number of hydrogen-bond acceptors (Lipinski definition) is 3. The van der Waals surface area contributed by atoms with Crippen LogP contribution in [0.25, 0.3) is 6.08 Å². The van der Waals surface area contributed by atoms with Gasteiger partial charge in [-0.15, -0.1) is 0 Å². The number of carbonyl (C=O) groups is 1. The predicted molar refractivity (Wildman–Crippen MR) is 92.4 cm³/mol. The lowest BCUT2D eigenvalue weighted by atomic mass is 9.93. The Morgan fingerprint density at radius 2 is 2.22 bits per heavy atom. The van der Waals surface area contributed by atoms with Gasteiger partial charge in [-0.25, -0.2) is 0 Å². The van der Waals surface area contributed by atoms with Gasteiger partial charge in [0.05, 0.1) is 0 Å². The van der Waals surface area contributed by atoms with Gasteiger partial charge in [-0.2, -0.15) is 0 Å². The van der Waals surface area contributed by atoms with Crippen molar-refractivity contribution in [2.75, 3.05) is 26.2 Å². The quantitative estimate of drug-likeness (QED) is 0.929. The third-order valence-corrected chi connectivity index (χ3v) is 4.84. The van der Waals surface area contributed by atoms with E-state index in [1.807, 2.05) is 30.0 Å². The number of ether oxygens (including phenoxy) is 1. The zero-order valence-electron chi connectivity index (χ0n) is 14.0. The van der Waals surface area contributed by atoms with Crippen LogP contribution in [0.2, 0.25) is 0 Å². The Morgan fingerprint density at radius 1 is 1.39 bits per heavy atom. The third kappa shape index (κ3) is 3.75. The molecule has 1 N–H and O–H groups in total. The molecular formula is C19H26N2O2. The van der Waals surface area contributed by atoms with Crippen LogP contribution in [0, 0.1) is 5.92 Å². The van der Waals surface area contributed by atoms with E-state index < -0.39 is 0 Å². The van der Waals surface area contributed by atoms with E-state index in [-0.39, 0.29) is 5.91 Å². The van der Waals surface area contributed by atoms with Gasteiger partial charge in [0, 0.05) is 37.7 Å². The van der Waals surface area contributed by atoms with Crippen molar-refractivity contribution < 1.29 is 9.53 Å². The summed E-state index contributed by atoms with van der Waals surface area (Å²) in [5, 5.41) is 3.66. The monoisotopic (exact) mass is 314 g/mol. The lowest BCUT2D eigenvalue weighted by Crippen LogP contribution is -2.50. The van der Waals surface area contributed by atoms with Crippen LogP contribution >= 0.6 is 0 Å². The van der Waals surface area contributed by atoms with Gasteiger partial charge in [0.15, 0.2) is 0 Å². The van der Waals surface area contributed by atoms with Crippen LogP contribution in [-0.4, -0.2) is 43.1 Å². The van der Waals surface area contributed by atoms with Crippen molar-refractivity contribution in [3.63, 3.8) is 0 Å². The number of piperidine rings is 1. The molecule has 4 nitrogen and oxygen atoms in total. The van der Waals surface area contributed by atoms with Crippen LogP contribution < -0.4 is 10.1 Å². The number of para-hydroxylation sites is 1. The third-order valence-electron chi connectivity index (χ3n) is 4.84. The second-order valence-electron chi connectivity index (χ2n) is 6.58. The van der Waals surface area contributed by atoms with Crippen LogP contribution in [-0.2, 0) is 4.79 Å². The van der Waals surface area contributed by atoms with Crippen molar-refractivity contribution in [2.24, 2.45) is 5.92 Å². The van der Waals surface area contributed by atoms with Gasteiger partial charge in [0.1, 0.15) is 12.4 Å². The molecule has 0 aliphatic carbocycles. The highest BCUT2D eigenvalue weighted by Gasteiger charge is 2.27. The highest BCUT2D eigenvalue weighted by molar-refractivity contribution is 5.75. The molecule has 0 radical (unpaired) electrons. The summed E-state index contributed by atoms with van der Waals surface area (Å²) in [5.74, 6) is 1.72. The van der Waals surface area contributed by atoms with Crippen LogP contribution in [0.5, 0.6) is 5.75 Å². The first-order valence-electron chi connectivity index (χ1n) is 8.59. The number of nitrogens with one attached hydrogen (secondary N) is 1. The molecule has 1 aromatic rings. The van der Waals surface area contributed by atoms with Gasteiger partial charge in [-0.3, -0.25) is 4.79 Å². The van der Waals surface area contributed by atoms with E-state index >= 15 is 0 Å². The average Bonchev–Trinajstić information content (AvgIpc) is 2.59. The van der Waals surface area contributed by atoms with Gasteiger partial charge >= 0.3 is 0 Å². The van der Waals surface area contributed by atoms with Crippen LogP contribution in [0.4, 0.5) is 0 Å². The summed E-state index contributed by atoms with van der Waals surface area (Å²) >= 11 is 0. The van der Waals surface area contributed by atoms with Gasteiger partial charge in [-0.1, -0.05) is 32.0 Å². The second kappa shape index (κ2) is 7.18. The number of benzene rings is 1. The van der Waals surface area contributed by atoms with E-state index in [1.165, 1.54) is 5.57 Å². The van der Waals surface area contributed by atoms with Gasteiger partial charge in [0.25, 0.3) is 0 Å². The maximum absolute atomic E-state index is 11.8. The highest BCUT2D eigenvalue weighted by Crippen LogP contribution is 2.25. The number of hydrogen-bond donors (Lipinski definition) is 1. The lowest BCUT2D eigenvalue weighted by Gasteiger charge is -2.37. The fourth-order valence-electron chi connectivity index (χ4n) is 3.43. The number of rotatable bonds is 4. The fraction of sp³-hybridized carbons (Fsp3) is 0.526. The van der Waals surface area contributed by atoms with Crippen molar-refractivity contribution in [3.05, 3.63) is 35.4 Å². The molecule has 4 heteroatoms. The summed E-state index contributed by atoms with van der Waals surface area (Å²) < 4.78 is 5.80. The van der Waals surface area contributed by atoms with Crippen LogP contribution in [0.15, 0.2) is 29.8 Å². The molecule has 1 amide bonds. The number of amides is 1. The summed E-state index contributed by atoms with van der Waals surface area (Å²) in [6, 6.07) is 8.61. The molecule has 0 aromatic heterocycles. The minimum Gasteiger partial charge on any atom is -0.489 e. The molecule has 2 atom stereocenters. The molecule has 124 valence electrons. The summed E-state index contributed by atoms with van der Waals surface area (Å²) in [5.41, 5.74) is 2.44. The van der Waals surface area contributed by atoms with E-state index in [0.717, 1.165) is 37.4 Å². The van der Waals surface area contributed by atoms with Crippen molar-refractivity contribution in [2.45, 2.75) is 32.7 Å². The number of carbonyl (C=O) groups excluding carboxylic acids is 1. The normalized spacial score (nSPS) is 23.7. The second-order valence-corrected chi connectivity index (χ2v) is 6.58. The summed E-state index contributed by atoms with van der Waals surface area (Å²) in [7, 11) is 0. The molecule has 2 aliphatic rings. The number of likely N-dealkylation sites (tertiary alicyclic amines) is 1. The van der Waals surface area contributed by atoms with Gasteiger partial charge in [-0.05, 0) is 30.1 Å². The largest absolute Gasteiger partial charge is 0.489 e. The molecule has 0 spiro atoms. The Balaban J connectivity index is 1.54. The first-order chi connectivity index (χ1) is 11.2. The Kier molecular flexibility index (Phi) is 5.01. The zero-order chi connectivity index (χ0) is 16.2. The lowest BCUT2D eigenvalue weighted by molar-refractivity contribution is -0.132. The molecule has 1 aromatic carbocycles. The molecule has 1 saturated heterocycles. The number of fused-ring (bicyclic) bond motifs is 1. The topological polar surface area (TPSA) is 41.6 Å². The van der Waals surface area contributed by atoms with Gasteiger partial charge in [0.2, 0.25) is 5.91 Å². The molecule has 2 heterocycles. The van der Waals surface area contributed by atoms with E-state index in [0.29, 0.717) is 25.0 Å². The molecule has 0 saturated carbocycles. The van der Waals surface area contributed by atoms with Crippen molar-refractivity contribution >= 4 is 12.0 Å². The van der Waals surface area contributed by atoms with E-state index in [9.17, 15) is 4.79 Å². The Morgan fingerprint density at radius 3 is 3.00 bits per heavy atom. The zero-order valence-corrected chi connectivity index (χ0v) is 14.0. The summed E-state index contributed by atoms with van der Waals surface area (Å²) in [6.07, 6.45) is 3.86. The van der Waals surface area contributed by atoms with E-state index in [2.05, 4.69) is 24.4 Å². The summed E-state index contributed by atoms with van der Waals surface area (Å²) in [6.45, 7) is 7.41. The Hall–Kier alpha value is -1.81. The SMILES string of the molecule is CCC(=O)N1CC[C@@H](NCC2=Cc3ccccc3OC2)[C@@H](C)C1. The first-order valence-corrected chi connectivity index (χ1v) is 8.59. The minimum absolute atomic E-state index is 0.273. The minimum atomic E-state index is 0.273. The molecule has 3 rings (SSSR count). The van der Waals surface area contributed by atoms with E-state index in [1.54, 1.807) is 0 Å². The maximum Gasteiger partial charge on any atom is 0.222 e. The smallest absolute Gasteiger partial charge is 0.222 e. The van der Waals surface area contributed by atoms with E-state index in [4.69, 9.17) is 4.74 Å². The average molecular weight is 314 g/mol. The molecule has 23 heavy (non-hydrogen) atoms. The predicted octanol–water partition coefficient (Wildman–Crippen LogP) is 2.70. The molecule has 2 aliphatic heterocycles. The molecule has 0 unspecified atom stereocenters. The highest BCUT2D eigenvalue weighted by atomic mass is 16.5. The van der Waals surface area contributed by atoms with Crippen molar-refractivity contribution in [1.82, 2.24) is 10.2 Å². The standard InChI is InChI=1S/C19H26N2O2/c1-3-19(22)21-9-8-17(14(2)12-21)20-11-15-10-16-6-4-5-7-18(16)23-13-15/h4-7,10,14,17,20H,3,8-9,11-13H2,1-2H3/t14-,17+/m0/s1. The maximum atomic E-state index is 11.8. The molecule has 0 bridgehead atoms. The summed E-state index contributed by atoms with van der Waals surface area (Å²) in [4.78, 5) is 13.8. The van der Waals surface area contributed by atoms with Crippen molar-refractivity contribution in [3.8, 4) is 5.75 Å². The van der Waals surface area contributed by atoms with Crippen LogP contribution in [0.3, 0.4) is 0 Å². The Labute approximate surface area is 138 Å². The fourth-order valence-corrected chi connectivity index (χ4v) is 3.43. The van der Waals surface area contributed by atoms with Gasteiger partial charge < -0.3 is 15.0 Å². The Bertz CT molecular complexity index is 597.